The van der Waals surface area contributed by atoms with E-state index in [-0.39, 0.29) is 6.61 Å². The number of nitrogens with zero attached hydrogens (tertiary/aromatic N) is 1. The molecule has 0 aromatic carbocycles. The first-order valence-electron chi connectivity index (χ1n) is 6.71. The Labute approximate surface area is 111 Å². The van der Waals surface area contributed by atoms with Gasteiger partial charge in [0.15, 0.2) is 0 Å². The average Bonchev–Trinajstić information content (AvgIpc) is 2.35. The van der Waals surface area contributed by atoms with E-state index >= 15 is 0 Å². The van der Waals surface area contributed by atoms with E-state index in [0.717, 1.165) is 32.1 Å². The van der Waals surface area contributed by atoms with Crippen molar-refractivity contribution in [2.24, 2.45) is 5.92 Å². The van der Waals surface area contributed by atoms with Gasteiger partial charge in [0.1, 0.15) is 0 Å². The Morgan fingerprint density at radius 2 is 2.11 bits per heavy atom. The molecule has 2 nitrogen and oxygen atoms in total. The van der Waals surface area contributed by atoms with Gasteiger partial charge in [0, 0.05) is 12.2 Å². The van der Waals surface area contributed by atoms with Gasteiger partial charge in [-0.15, -0.1) is 0 Å². The molecule has 0 heterocycles. The second kappa shape index (κ2) is 10.8. The lowest BCUT2D eigenvalue weighted by Crippen LogP contribution is -1.98. The predicted molar refractivity (Wildman–Crippen MR) is 77.0 cm³/mol. The largest absolute Gasteiger partial charge is 0.396 e. The van der Waals surface area contributed by atoms with Gasteiger partial charge in [-0.2, -0.15) is 5.26 Å². The molecule has 0 saturated carbocycles. The summed E-state index contributed by atoms with van der Waals surface area (Å²) in [7, 11) is 0. The van der Waals surface area contributed by atoms with Gasteiger partial charge >= 0.3 is 0 Å². The Bertz CT molecular complexity index is 333. The van der Waals surface area contributed by atoms with Crippen molar-refractivity contribution in [3.8, 4) is 6.07 Å². The lowest BCUT2D eigenvalue weighted by atomic mass is 9.98. The Kier molecular flexibility index (Phi) is 10.0. The fourth-order valence-electron chi connectivity index (χ4n) is 1.78. The Morgan fingerprint density at radius 1 is 1.39 bits per heavy atom. The Morgan fingerprint density at radius 3 is 2.67 bits per heavy atom. The number of hydrogen-bond donors (Lipinski definition) is 1. The van der Waals surface area contributed by atoms with Crippen LogP contribution in [0.4, 0.5) is 0 Å². The third kappa shape index (κ3) is 8.78. The van der Waals surface area contributed by atoms with Gasteiger partial charge in [-0.1, -0.05) is 44.6 Å². The number of aliphatic hydroxyl groups excluding tert-OH is 1. The van der Waals surface area contributed by atoms with Crippen LogP contribution in [-0.4, -0.2) is 11.7 Å². The summed E-state index contributed by atoms with van der Waals surface area (Å²) in [5, 5.41) is 17.5. The molecule has 100 valence electrons. The van der Waals surface area contributed by atoms with Crippen LogP contribution < -0.4 is 0 Å². The van der Waals surface area contributed by atoms with Gasteiger partial charge in [-0.3, -0.25) is 0 Å². The molecule has 0 radical (unpaired) electrons. The number of aliphatic hydroxyl groups is 1. The first kappa shape index (κ1) is 16.7. The molecule has 18 heavy (non-hydrogen) atoms. The first-order valence-corrected chi connectivity index (χ1v) is 6.71. The van der Waals surface area contributed by atoms with E-state index in [1.54, 1.807) is 6.08 Å². The fourth-order valence-corrected chi connectivity index (χ4v) is 1.78. The lowest BCUT2D eigenvalue weighted by molar-refractivity contribution is 0.257. The van der Waals surface area contributed by atoms with Crippen molar-refractivity contribution >= 4 is 0 Å². The molecule has 0 fully saturated rings. The number of nitriles is 1. The number of allylic oxidation sites excluding steroid dienone is 5. The van der Waals surface area contributed by atoms with Crippen molar-refractivity contribution in [3.05, 3.63) is 36.0 Å². The van der Waals surface area contributed by atoms with E-state index in [0.29, 0.717) is 11.5 Å². The summed E-state index contributed by atoms with van der Waals surface area (Å²) < 4.78 is 0. The van der Waals surface area contributed by atoms with Gasteiger partial charge in [-0.25, -0.2) is 0 Å². The predicted octanol–water partition coefficient (Wildman–Crippen LogP) is 4.15. The van der Waals surface area contributed by atoms with E-state index in [2.05, 4.69) is 26.5 Å². The van der Waals surface area contributed by atoms with Gasteiger partial charge < -0.3 is 5.11 Å². The molecule has 0 aliphatic carbocycles. The highest BCUT2D eigenvalue weighted by molar-refractivity contribution is 5.34. The van der Waals surface area contributed by atoms with Crippen LogP contribution in [0.1, 0.15) is 46.0 Å². The van der Waals surface area contributed by atoms with E-state index in [9.17, 15) is 0 Å². The Balaban J connectivity index is 4.15. The monoisotopic (exact) mass is 247 g/mol. The number of hydrogen-bond acceptors (Lipinski definition) is 2. The van der Waals surface area contributed by atoms with E-state index in [4.69, 9.17) is 10.4 Å². The SMILES string of the molecule is C=C(C#N)/C=C\C(=C/CC)CCCC(C)CCO. The maximum Gasteiger partial charge on any atom is 0.0985 e. The summed E-state index contributed by atoms with van der Waals surface area (Å²) in [6, 6.07) is 2.02. The van der Waals surface area contributed by atoms with E-state index in [1.807, 2.05) is 12.1 Å². The molecule has 0 amide bonds. The summed E-state index contributed by atoms with van der Waals surface area (Å²) in [4.78, 5) is 0. The topological polar surface area (TPSA) is 44.0 Å². The smallest absolute Gasteiger partial charge is 0.0985 e. The van der Waals surface area contributed by atoms with Crippen molar-refractivity contribution < 1.29 is 5.11 Å². The maximum atomic E-state index is 8.84. The third-order valence-electron chi connectivity index (χ3n) is 2.89. The molecule has 0 saturated heterocycles. The molecule has 1 atom stereocenters. The van der Waals surface area contributed by atoms with Crippen LogP contribution in [0, 0.1) is 17.2 Å². The molecule has 1 unspecified atom stereocenters. The minimum Gasteiger partial charge on any atom is -0.396 e. The highest BCUT2D eigenvalue weighted by atomic mass is 16.3. The van der Waals surface area contributed by atoms with Crippen molar-refractivity contribution in [2.75, 3.05) is 6.61 Å². The zero-order chi connectivity index (χ0) is 13.8. The summed E-state index contributed by atoms with van der Waals surface area (Å²) in [5.41, 5.74) is 1.76. The summed E-state index contributed by atoms with van der Waals surface area (Å²) in [5.74, 6) is 0.580. The molecule has 2 heteroatoms. The van der Waals surface area contributed by atoms with Gasteiger partial charge in [-0.05, 0) is 37.7 Å². The fraction of sp³-hybridized carbons (Fsp3) is 0.562. The summed E-state index contributed by atoms with van der Waals surface area (Å²) >= 11 is 0. The second-order valence-corrected chi connectivity index (χ2v) is 4.67. The lowest BCUT2D eigenvalue weighted by Gasteiger charge is -2.09. The van der Waals surface area contributed by atoms with Crippen LogP contribution in [0.15, 0.2) is 36.0 Å². The maximum absolute atomic E-state index is 8.84. The van der Waals surface area contributed by atoms with Crippen molar-refractivity contribution in [1.82, 2.24) is 0 Å². The minimum atomic E-state index is 0.278. The van der Waals surface area contributed by atoms with E-state index in [1.165, 1.54) is 5.57 Å². The van der Waals surface area contributed by atoms with Gasteiger partial charge in [0.2, 0.25) is 0 Å². The van der Waals surface area contributed by atoms with Crippen LogP contribution >= 0.6 is 0 Å². The molecule has 0 aromatic rings. The average molecular weight is 247 g/mol. The normalized spacial score (nSPS) is 13.6. The molecular weight excluding hydrogens is 222 g/mol. The van der Waals surface area contributed by atoms with Gasteiger partial charge in [0.05, 0.1) is 6.07 Å². The molecular formula is C16H25NO. The van der Waals surface area contributed by atoms with Gasteiger partial charge in [0.25, 0.3) is 0 Å². The van der Waals surface area contributed by atoms with Crippen molar-refractivity contribution in [3.63, 3.8) is 0 Å². The standard InChI is InChI=1S/C16H25NO/c1-4-6-16(10-9-15(3)13-17)8-5-7-14(2)11-12-18/h6,9-10,14,18H,3-5,7-8,11-12H2,1-2H3/b10-9-,16-6-. The summed E-state index contributed by atoms with van der Waals surface area (Å²) in [6.07, 6.45) is 11.1. The molecule has 1 N–H and O–H groups in total. The molecule has 0 aromatic heterocycles. The minimum absolute atomic E-state index is 0.278. The highest BCUT2D eigenvalue weighted by Gasteiger charge is 2.01. The van der Waals surface area contributed by atoms with Crippen molar-refractivity contribution in [2.45, 2.75) is 46.0 Å². The molecule has 0 bridgehead atoms. The van der Waals surface area contributed by atoms with Crippen molar-refractivity contribution in [1.29, 1.82) is 5.26 Å². The van der Waals surface area contributed by atoms with Crippen LogP contribution in [0.3, 0.4) is 0 Å². The quantitative estimate of drug-likeness (QED) is 0.491. The molecule has 0 aliphatic heterocycles. The van der Waals surface area contributed by atoms with Crippen LogP contribution in [-0.2, 0) is 0 Å². The van der Waals surface area contributed by atoms with Crippen LogP contribution in [0.25, 0.3) is 0 Å². The second-order valence-electron chi connectivity index (χ2n) is 4.67. The third-order valence-corrected chi connectivity index (χ3v) is 2.89. The first-order chi connectivity index (χ1) is 8.63. The zero-order valence-electron chi connectivity index (χ0n) is 11.7. The molecule has 0 spiro atoms. The summed E-state index contributed by atoms with van der Waals surface area (Å²) in [6.45, 7) is 8.20. The van der Waals surface area contributed by atoms with E-state index < -0.39 is 0 Å². The number of rotatable bonds is 9. The molecule has 0 rings (SSSR count). The Hall–Kier alpha value is -1.33. The zero-order valence-corrected chi connectivity index (χ0v) is 11.7. The van der Waals surface area contributed by atoms with Crippen LogP contribution in [0.2, 0.25) is 0 Å². The highest BCUT2D eigenvalue weighted by Crippen LogP contribution is 2.16. The molecule has 0 aliphatic rings. The van der Waals surface area contributed by atoms with Crippen LogP contribution in [0.5, 0.6) is 0 Å².